The van der Waals surface area contributed by atoms with E-state index >= 15 is 0 Å². The number of carbonyl (C=O) groups is 1. The summed E-state index contributed by atoms with van der Waals surface area (Å²) in [5.41, 5.74) is 4.89. The monoisotopic (exact) mass is 282 g/mol. The number of amides is 1. The van der Waals surface area contributed by atoms with Crippen LogP contribution < -0.4 is 10.2 Å². The van der Waals surface area contributed by atoms with Crippen molar-refractivity contribution >= 4 is 12.1 Å². The summed E-state index contributed by atoms with van der Waals surface area (Å²) in [6.07, 6.45) is 1.58. The van der Waals surface area contributed by atoms with Gasteiger partial charge in [-0.3, -0.25) is 4.79 Å². The van der Waals surface area contributed by atoms with E-state index in [2.05, 4.69) is 10.5 Å². The summed E-state index contributed by atoms with van der Waals surface area (Å²) in [5, 5.41) is 4.00. The molecular weight excluding hydrogens is 264 g/mol. The summed E-state index contributed by atoms with van der Waals surface area (Å²) in [5.74, 6) is 0.520. The lowest BCUT2D eigenvalue weighted by atomic mass is 10.1. The molecule has 0 aromatic heterocycles. The van der Waals surface area contributed by atoms with Gasteiger partial charge in [-0.1, -0.05) is 30.3 Å². The first kappa shape index (κ1) is 14.8. The van der Waals surface area contributed by atoms with E-state index in [1.165, 1.54) is 0 Å². The number of para-hydroxylation sites is 1. The molecule has 0 atom stereocenters. The Morgan fingerprint density at radius 1 is 1.19 bits per heavy atom. The highest BCUT2D eigenvalue weighted by atomic mass is 16.5. The number of hydrogen-bond acceptors (Lipinski definition) is 3. The third-order valence-corrected chi connectivity index (χ3v) is 2.98. The lowest BCUT2D eigenvalue weighted by molar-refractivity contribution is 0.0954. The molecule has 2 rings (SSSR count). The van der Waals surface area contributed by atoms with E-state index < -0.39 is 0 Å². The second-order valence-corrected chi connectivity index (χ2v) is 4.48. The van der Waals surface area contributed by atoms with E-state index in [0.29, 0.717) is 12.2 Å². The average Bonchev–Trinajstić information content (AvgIpc) is 2.49. The van der Waals surface area contributed by atoms with Crippen LogP contribution >= 0.6 is 0 Å². The molecule has 0 bridgehead atoms. The van der Waals surface area contributed by atoms with E-state index in [1.54, 1.807) is 12.3 Å². The summed E-state index contributed by atoms with van der Waals surface area (Å²) < 4.78 is 5.49. The Balaban J connectivity index is 2.06. The Hall–Kier alpha value is -2.62. The van der Waals surface area contributed by atoms with Crippen LogP contribution in [0.2, 0.25) is 0 Å². The second kappa shape index (κ2) is 7.24. The summed E-state index contributed by atoms with van der Waals surface area (Å²) >= 11 is 0. The van der Waals surface area contributed by atoms with E-state index in [1.807, 2.05) is 56.3 Å². The molecular formula is C17H18N2O2. The van der Waals surface area contributed by atoms with Crippen LogP contribution in [0.5, 0.6) is 5.75 Å². The Morgan fingerprint density at radius 2 is 1.90 bits per heavy atom. The van der Waals surface area contributed by atoms with Crippen molar-refractivity contribution in [2.45, 2.75) is 13.8 Å². The van der Waals surface area contributed by atoms with Crippen molar-refractivity contribution in [2.75, 3.05) is 6.61 Å². The van der Waals surface area contributed by atoms with Gasteiger partial charge in [-0.05, 0) is 37.6 Å². The molecule has 108 valence electrons. The number of benzene rings is 2. The number of carbonyl (C=O) groups excluding carboxylic acids is 1. The first-order chi connectivity index (χ1) is 10.2. The predicted octanol–water partition coefficient (Wildman–Crippen LogP) is 3.16. The third kappa shape index (κ3) is 3.92. The van der Waals surface area contributed by atoms with Crippen LogP contribution in [-0.2, 0) is 0 Å². The van der Waals surface area contributed by atoms with Crippen LogP contribution in [0.25, 0.3) is 0 Å². The molecule has 0 heterocycles. The lowest BCUT2D eigenvalue weighted by Gasteiger charge is -2.06. The average molecular weight is 282 g/mol. The standard InChI is InChI=1S/C17H18N2O2/c1-3-21-16-11-7-5-9-14(16)12-18-19-17(20)15-10-6-4-8-13(15)2/h4-12H,3H2,1-2H3,(H,19,20)/b18-12+. The number of ether oxygens (including phenoxy) is 1. The van der Waals surface area contributed by atoms with Gasteiger partial charge in [-0.25, -0.2) is 5.43 Å². The van der Waals surface area contributed by atoms with Crippen LogP contribution in [0.1, 0.15) is 28.4 Å². The zero-order valence-corrected chi connectivity index (χ0v) is 12.2. The van der Waals surface area contributed by atoms with Gasteiger partial charge in [0.15, 0.2) is 0 Å². The van der Waals surface area contributed by atoms with Crippen LogP contribution in [0.15, 0.2) is 53.6 Å². The normalized spacial score (nSPS) is 10.6. The molecule has 1 amide bonds. The van der Waals surface area contributed by atoms with Gasteiger partial charge in [0.25, 0.3) is 5.91 Å². The van der Waals surface area contributed by atoms with Gasteiger partial charge < -0.3 is 4.74 Å². The maximum atomic E-state index is 12.0. The molecule has 0 spiro atoms. The van der Waals surface area contributed by atoms with E-state index in [0.717, 1.165) is 16.9 Å². The molecule has 0 saturated heterocycles. The minimum Gasteiger partial charge on any atom is -0.493 e. The van der Waals surface area contributed by atoms with Crippen molar-refractivity contribution in [1.29, 1.82) is 0 Å². The third-order valence-electron chi connectivity index (χ3n) is 2.98. The molecule has 0 saturated carbocycles. The Bertz CT molecular complexity index is 651. The van der Waals surface area contributed by atoms with Gasteiger partial charge in [0.1, 0.15) is 5.75 Å². The van der Waals surface area contributed by atoms with Gasteiger partial charge in [0.2, 0.25) is 0 Å². The summed E-state index contributed by atoms with van der Waals surface area (Å²) in [6, 6.07) is 14.9. The zero-order valence-electron chi connectivity index (χ0n) is 12.2. The van der Waals surface area contributed by atoms with Gasteiger partial charge in [-0.15, -0.1) is 0 Å². The van der Waals surface area contributed by atoms with E-state index in [4.69, 9.17) is 4.74 Å². The smallest absolute Gasteiger partial charge is 0.271 e. The second-order valence-electron chi connectivity index (χ2n) is 4.48. The molecule has 2 aromatic rings. The van der Waals surface area contributed by atoms with Crippen molar-refractivity contribution in [3.8, 4) is 5.75 Å². The topological polar surface area (TPSA) is 50.7 Å². The quantitative estimate of drug-likeness (QED) is 0.676. The van der Waals surface area contributed by atoms with Crippen LogP contribution in [0, 0.1) is 6.92 Å². The molecule has 0 radical (unpaired) electrons. The Kier molecular flexibility index (Phi) is 5.10. The van der Waals surface area contributed by atoms with Crippen molar-refractivity contribution < 1.29 is 9.53 Å². The summed E-state index contributed by atoms with van der Waals surface area (Å²) in [7, 11) is 0. The highest BCUT2D eigenvalue weighted by Crippen LogP contribution is 2.15. The number of nitrogens with one attached hydrogen (secondary N) is 1. The van der Waals surface area contributed by atoms with Crippen LogP contribution in [0.4, 0.5) is 0 Å². The molecule has 0 aliphatic rings. The fourth-order valence-electron chi connectivity index (χ4n) is 1.92. The number of nitrogens with zero attached hydrogens (tertiary/aromatic N) is 1. The lowest BCUT2D eigenvalue weighted by Crippen LogP contribution is -2.18. The maximum Gasteiger partial charge on any atom is 0.271 e. The van der Waals surface area contributed by atoms with Crippen molar-refractivity contribution in [3.63, 3.8) is 0 Å². The van der Waals surface area contributed by atoms with Crippen LogP contribution in [-0.4, -0.2) is 18.7 Å². The number of rotatable bonds is 5. The minimum absolute atomic E-state index is 0.224. The fraction of sp³-hybridized carbons (Fsp3) is 0.176. The molecule has 4 heteroatoms. The first-order valence-electron chi connectivity index (χ1n) is 6.83. The highest BCUT2D eigenvalue weighted by Gasteiger charge is 2.06. The van der Waals surface area contributed by atoms with Gasteiger partial charge in [0, 0.05) is 11.1 Å². The molecule has 0 aliphatic carbocycles. The molecule has 0 fully saturated rings. The van der Waals surface area contributed by atoms with Crippen LogP contribution in [0.3, 0.4) is 0 Å². The maximum absolute atomic E-state index is 12.0. The van der Waals surface area contributed by atoms with E-state index in [-0.39, 0.29) is 5.91 Å². The number of aryl methyl sites for hydroxylation is 1. The summed E-state index contributed by atoms with van der Waals surface area (Å²) in [4.78, 5) is 12.0. The number of hydrazone groups is 1. The Morgan fingerprint density at radius 3 is 2.67 bits per heavy atom. The molecule has 2 aromatic carbocycles. The highest BCUT2D eigenvalue weighted by molar-refractivity contribution is 5.96. The molecule has 1 N–H and O–H groups in total. The molecule has 21 heavy (non-hydrogen) atoms. The van der Waals surface area contributed by atoms with Crippen molar-refractivity contribution in [3.05, 3.63) is 65.2 Å². The molecule has 4 nitrogen and oxygen atoms in total. The predicted molar refractivity (Wildman–Crippen MR) is 83.9 cm³/mol. The zero-order chi connectivity index (χ0) is 15.1. The minimum atomic E-state index is -0.224. The van der Waals surface area contributed by atoms with Gasteiger partial charge in [0.05, 0.1) is 12.8 Å². The number of hydrogen-bond donors (Lipinski definition) is 1. The molecule has 0 aliphatic heterocycles. The SMILES string of the molecule is CCOc1ccccc1/C=N/NC(=O)c1ccccc1C. The first-order valence-corrected chi connectivity index (χ1v) is 6.83. The Labute approximate surface area is 124 Å². The largest absolute Gasteiger partial charge is 0.493 e. The van der Waals surface area contributed by atoms with E-state index in [9.17, 15) is 4.79 Å². The van der Waals surface area contributed by atoms with Gasteiger partial charge in [-0.2, -0.15) is 5.10 Å². The molecule has 0 unspecified atom stereocenters. The summed E-state index contributed by atoms with van der Waals surface area (Å²) in [6.45, 7) is 4.40. The fourth-order valence-corrected chi connectivity index (χ4v) is 1.92. The van der Waals surface area contributed by atoms with Crippen molar-refractivity contribution in [1.82, 2.24) is 5.43 Å². The van der Waals surface area contributed by atoms with Crippen molar-refractivity contribution in [2.24, 2.45) is 5.10 Å². The van der Waals surface area contributed by atoms with Gasteiger partial charge >= 0.3 is 0 Å².